The number of aliphatic hydroxyl groups is 1. The summed E-state index contributed by atoms with van der Waals surface area (Å²) >= 11 is 0. The van der Waals surface area contributed by atoms with Crippen LogP contribution in [0.4, 0.5) is 5.69 Å². The number of nitrogens with zero attached hydrogens (tertiary/aromatic N) is 1. The molecule has 27 heavy (non-hydrogen) atoms. The quantitative estimate of drug-likeness (QED) is 0.742. The molecule has 0 saturated heterocycles. The summed E-state index contributed by atoms with van der Waals surface area (Å²) in [6.07, 6.45) is 0.110. The SMILES string of the molecule is CN1CCc2cc(C(O)CNC(=O)c3cc(=O)c4ccccc4o3)ccc21. The van der Waals surface area contributed by atoms with Crippen LogP contribution in [0, 0.1) is 0 Å². The summed E-state index contributed by atoms with van der Waals surface area (Å²) in [6.45, 7) is 0.997. The maximum absolute atomic E-state index is 12.3. The van der Waals surface area contributed by atoms with Crippen molar-refractivity contribution in [3.05, 3.63) is 75.6 Å². The normalized spacial score (nSPS) is 14.2. The minimum atomic E-state index is -0.836. The number of aliphatic hydroxyl groups excluding tert-OH is 1. The Morgan fingerprint density at radius 1 is 1.26 bits per heavy atom. The first-order valence-corrected chi connectivity index (χ1v) is 8.86. The summed E-state index contributed by atoms with van der Waals surface area (Å²) in [6, 6.07) is 13.8. The van der Waals surface area contributed by atoms with Crippen LogP contribution in [-0.2, 0) is 6.42 Å². The zero-order valence-electron chi connectivity index (χ0n) is 14.9. The van der Waals surface area contributed by atoms with Gasteiger partial charge in [-0.15, -0.1) is 0 Å². The maximum Gasteiger partial charge on any atom is 0.287 e. The number of carbonyl (C=O) groups is 1. The highest BCUT2D eigenvalue weighted by molar-refractivity contribution is 5.93. The Morgan fingerprint density at radius 2 is 2.07 bits per heavy atom. The first-order chi connectivity index (χ1) is 13.0. The Kier molecular flexibility index (Phi) is 4.41. The van der Waals surface area contributed by atoms with Crippen LogP contribution in [0.1, 0.15) is 27.8 Å². The van der Waals surface area contributed by atoms with E-state index in [2.05, 4.69) is 10.2 Å². The van der Waals surface area contributed by atoms with Gasteiger partial charge in [0.15, 0.2) is 11.2 Å². The highest BCUT2D eigenvalue weighted by Gasteiger charge is 2.19. The van der Waals surface area contributed by atoms with Crippen molar-refractivity contribution in [1.29, 1.82) is 0 Å². The van der Waals surface area contributed by atoms with Crippen LogP contribution in [0.2, 0.25) is 0 Å². The van der Waals surface area contributed by atoms with E-state index in [-0.39, 0.29) is 17.7 Å². The minimum Gasteiger partial charge on any atom is -0.451 e. The first-order valence-electron chi connectivity index (χ1n) is 8.86. The van der Waals surface area contributed by atoms with Gasteiger partial charge in [0.2, 0.25) is 0 Å². The Balaban J connectivity index is 1.47. The molecule has 0 aliphatic carbocycles. The summed E-state index contributed by atoms with van der Waals surface area (Å²) in [5.41, 5.74) is 3.21. The highest BCUT2D eigenvalue weighted by atomic mass is 16.3. The second kappa shape index (κ2) is 6.89. The Bertz CT molecular complexity index is 1070. The van der Waals surface area contributed by atoms with Gasteiger partial charge in [0.25, 0.3) is 5.91 Å². The molecular weight excluding hydrogens is 344 g/mol. The van der Waals surface area contributed by atoms with Crippen molar-refractivity contribution in [3.8, 4) is 0 Å². The molecule has 3 aromatic rings. The van der Waals surface area contributed by atoms with Gasteiger partial charge in [-0.1, -0.05) is 24.3 Å². The van der Waals surface area contributed by atoms with Gasteiger partial charge in [-0.2, -0.15) is 0 Å². The minimum absolute atomic E-state index is 0.0317. The molecule has 0 radical (unpaired) electrons. The molecule has 0 bridgehead atoms. The molecule has 1 aromatic heterocycles. The van der Waals surface area contributed by atoms with Crippen LogP contribution in [0.5, 0.6) is 0 Å². The van der Waals surface area contributed by atoms with Gasteiger partial charge in [0.1, 0.15) is 5.58 Å². The fourth-order valence-corrected chi connectivity index (χ4v) is 3.40. The van der Waals surface area contributed by atoms with Gasteiger partial charge < -0.3 is 19.7 Å². The van der Waals surface area contributed by atoms with E-state index in [0.717, 1.165) is 18.5 Å². The van der Waals surface area contributed by atoms with E-state index in [1.54, 1.807) is 24.3 Å². The van der Waals surface area contributed by atoms with Gasteiger partial charge in [-0.3, -0.25) is 9.59 Å². The number of anilines is 1. The number of rotatable bonds is 4. The van der Waals surface area contributed by atoms with Gasteiger partial charge in [-0.25, -0.2) is 0 Å². The number of likely N-dealkylation sites (N-methyl/N-ethyl adjacent to an activating group) is 1. The van der Waals surface area contributed by atoms with E-state index < -0.39 is 12.0 Å². The standard InChI is InChI=1S/C21H20N2O4/c1-23-9-8-13-10-14(6-7-16(13)23)18(25)12-22-21(26)20-11-17(24)15-4-2-3-5-19(15)27-20/h2-7,10-11,18,25H,8-9,12H2,1H3,(H,22,26). The second-order valence-electron chi connectivity index (χ2n) is 6.76. The zero-order chi connectivity index (χ0) is 19.0. The van der Waals surface area contributed by atoms with Crippen LogP contribution >= 0.6 is 0 Å². The Morgan fingerprint density at radius 3 is 2.93 bits per heavy atom. The van der Waals surface area contributed by atoms with Gasteiger partial charge in [0.05, 0.1) is 11.5 Å². The summed E-state index contributed by atoms with van der Waals surface area (Å²) in [5, 5.41) is 13.5. The van der Waals surface area contributed by atoms with E-state index >= 15 is 0 Å². The molecule has 1 amide bonds. The second-order valence-corrected chi connectivity index (χ2v) is 6.76. The first kappa shape index (κ1) is 17.3. The van der Waals surface area contributed by atoms with Crippen molar-refractivity contribution in [3.63, 3.8) is 0 Å². The summed E-state index contributed by atoms with van der Waals surface area (Å²) < 4.78 is 5.52. The molecule has 0 fully saturated rings. The average molecular weight is 364 g/mol. The molecule has 1 aliphatic heterocycles. The average Bonchev–Trinajstić information content (AvgIpc) is 3.06. The van der Waals surface area contributed by atoms with Crippen LogP contribution in [0.15, 0.2) is 57.7 Å². The van der Waals surface area contributed by atoms with Crippen molar-refractivity contribution in [2.45, 2.75) is 12.5 Å². The van der Waals surface area contributed by atoms with Crippen LogP contribution in [0.25, 0.3) is 11.0 Å². The fraction of sp³-hybridized carbons (Fsp3) is 0.238. The summed E-state index contributed by atoms with van der Waals surface area (Å²) in [4.78, 5) is 26.6. The molecule has 0 saturated carbocycles. The Labute approximate surface area is 156 Å². The maximum atomic E-state index is 12.3. The number of nitrogens with one attached hydrogen (secondary N) is 1. The number of amides is 1. The van der Waals surface area contributed by atoms with Crippen molar-refractivity contribution < 1.29 is 14.3 Å². The number of benzene rings is 2. The third-order valence-electron chi connectivity index (χ3n) is 4.93. The van der Waals surface area contributed by atoms with Crippen LogP contribution in [-0.4, -0.2) is 31.2 Å². The Hall–Kier alpha value is -3.12. The molecule has 1 unspecified atom stereocenters. The van der Waals surface area contributed by atoms with Crippen molar-refractivity contribution >= 4 is 22.6 Å². The number of fused-ring (bicyclic) bond motifs is 2. The van der Waals surface area contributed by atoms with E-state index in [1.165, 1.54) is 17.3 Å². The topological polar surface area (TPSA) is 82.8 Å². The molecule has 1 aliphatic rings. The molecule has 0 spiro atoms. The predicted octanol–water partition coefficient (Wildman–Crippen LogP) is 2.25. The molecular formula is C21H20N2O4. The molecule has 2 N–H and O–H groups in total. The number of carbonyl (C=O) groups excluding carboxylic acids is 1. The molecule has 2 heterocycles. The third-order valence-corrected chi connectivity index (χ3v) is 4.93. The lowest BCUT2D eigenvalue weighted by Crippen LogP contribution is -2.29. The van der Waals surface area contributed by atoms with E-state index in [0.29, 0.717) is 11.0 Å². The molecule has 2 aromatic carbocycles. The smallest absolute Gasteiger partial charge is 0.287 e. The third kappa shape index (κ3) is 3.31. The molecule has 1 atom stereocenters. The van der Waals surface area contributed by atoms with Gasteiger partial charge in [0, 0.05) is 31.9 Å². The lowest BCUT2D eigenvalue weighted by molar-refractivity contribution is 0.0889. The number of para-hydroxylation sites is 1. The van der Waals surface area contributed by atoms with Crippen LogP contribution in [0.3, 0.4) is 0 Å². The van der Waals surface area contributed by atoms with Gasteiger partial charge >= 0.3 is 0 Å². The van der Waals surface area contributed by atoms with Crippen molar-refractivity contribution in [2.24, 2.45) is 0 Å². The largest absolute Gasteiger partial charge is 0.451 e. The molecule has 6 nitrogen and oxygen atoms in total. The zero-order valence-corrected chi connectivity index (χ0v) is 14.9. The van der Waals surface area contributed by atoms with Crippen molar-refractivity contribution in [2.75, 3.05) is 25.0 Å². The molecule has 138 valence electrons. The molecule has 4 rings (SSSR count). The van der Waals surface area contributed by atoms with E-state index in [1.807, 2.05) is 25.2 Å². The predicted molar refractivity (Wildman–Crippen MR) is 103 cm³/mol. The summed E-state index contributed by atoms with van der Waals surface area (Å²) in [5.74, 6) is -0.598. The monoisotopic (exact) mass is 364 g/mol. The molecule has 6 heteroatoms. The number of hydrogen-bond donors (Lipinski definition) is 2. The lowest BCUT2D eigenvalue weighted by Gasteiger charge is -2.15. The van der Waals surface area contributed by atoms with E-state index in [4.69, 9.17) is 4.42 Å². The fourth-order valence-electron chi connectivity index (χ4n) is 3.40. The van der Waals surface area contributed by atoms with Gasteiger partial charge in [-0.05, 0) is 35.7 Å². The number of hydrogen-bond acceptors (Lipinski definition) is 5. The highest BCUT2D eigenvalue weighted by Crippen LogP contribution is 2.29. The van der Waals surface area contributed by atoms with E-state index in [9.17, 15) is 14.7 Å². The van der Waals surface area contributed by atoms with Crippen LogP contribution < -0.4 is 15.6 Å². The lowest BCUT2D eigenvalue weighted by atomic mass is 10.0. The summed E-state index contributed by atoms with van der Waals surface area (Å²) in [7, 11) is 2.04. The van der Waals surface area contributed by atoms with Crippen molar-refractivity contribution in [1.82, 2.24) is 5.32 Å².